The van der Waals surface area contributed by atoms with E-state index in [2.05, 4.69) is 37.5 Å². The van der Waals surface area contributed by atoms with Crippen molar-refractivity contribution in [2.24, 2.45) is 10.9 Å². The molecule has 0 aromatic carbocycles. The standard InChI is InChI=1S/C13H20N2S2/c1-4-11-5-6-16-12(11)7-14-13-15-10(3)9(2)8-17-13/h5-6,9-10H,4,7-8H2,1-3H3,(H,14,15). The number of aryl methyl sites for hydroxylation is 1. The summed E-state index contributed by atoms with van der Waals surface area (Å²) in [4.78, 5) is 6.11. The Balaban J connectivity index is 1.97. The number of nitrogens with one attached hydrogen (secondary N) is 1. The number of thiophene rings is 1. The molecule has 0 bridgehead atoms. The Morgan fingerprint density at radius 1 is 1.47 bits per heavy atom. The zero-order valence-electron chi connectivity index (χ0n) is 10.7. The van der Waals surface area contributed by atoms with Crippen LogP contribution in [0.25, 0.3) is 0 Å². The van der Waals surface area contributed by atoms with E-state index in [0.29, 0.717) is 6.04 Å². The lowest BCUT2D eigenvalue weighted by Crippen LogP contribution is -2.41. The Labute approximate surface area is 112 Å². The molecule has 2 atom stereocenters. The van der Waals surface area contributed by atoms with Gasteiger partial charge in [-0.3, -0.25) is 4.99 Å². The molecule has 2 unspecified atom stereocenters. The van der Waals surface area contributed by atoms with Crippen LogP contribution in [0.5, 0.6) is 0 Å². The number of hydrogen-bond donors (Lipinski definition) is 1. The summed E-state index contributed by atoms with van der Waals surface area (Å²) in [5.41, 5.74) is 1.45. The molecule has 0 spiro atoms. The van der Waals surface area contributed by atoms with Gasteiger partial charge < -0.3 is 5.32 Å². The first-order chi connectivity index (χ1) is 8.20. The van der Waals surface area contributed by atoms with Crippen molar-refractivity contribution in [2.75, 3.05) is 5.75 Å². The van der Waals surface area contributed by atoms with Crippen LogP contribution in [0, 0.1) is 5.92 Å². The molecule has 2 rings (SSSR count). The fraction of sp³-hybridized carbons (Fsp3) is 0.615. The number of amidine groups is 1. The molecule has 1 fully saturated rings. The van der Waals surface area contributed by atoms with Crippen molar-refractivity contribution >= 4 is 28.3 Å². The third-order valence-electron chi connectivity index (χ3n) is 3.27. The van der Waals surface area contributed by atoms with Gasteiger partial charge in [0, 0.05) is 16.7 Å². The smallest absolute Gasteiger partial charge is 0.157 e. The molecule has 1 saturated heterocycles. The van der Waals surface area contributed by atoms with Gasteiger partial charge in [-0.1, -0.05) is 25.6 Å². The van der Waals surface area contributed by atoms with E-state index >= 15 is 0 Å². The second-order valence-corrected chi connectivity index (χ2v) is 6.57. The molecule has 2 nitrogen and oxygen atoms in total. The Hall–Kier alpha value is -0.480. The van der Waals surface area contributed by atoms with E-state index in [0.717, 1.165) is 24.1 Å². The van der Waals surface area contributed by atoms with Crippen molar-refractivity contribution < 1.29 is 0 Å². The maximum absolute atomic E-state index is 4.70. The van der Waals surface area contributed by atoms with Gasteiger partial charge in [-0.2, -0.15) is 0 Å². The summed E-state index contributed by atoms with van der Waals surface area (Å²) in [6.45, 7) is 7.56. The monoisotopic (exact) mass is 268 g/mol. The van der Waals surface area contributed by atoms with Crippen LogP contribution in [0.3, 0.4) is 0 Å². The molecule has 0 saturated carbocycles. The van der Waals surface area contributed by atoms with Crippen LogP contribution in [-0.4, -0.2) is 17.0 Å². The van der Waals surface area contributed by atoms with E-state index in [4.69, 9.17) is 4.99 Å². The molecule has 1 aromatic rings. The van der Waals surface area contributed by atoms with Gasteiger partial charge in [-0.15, -0.1) is 11.3 Å². The molecule has 0 amide bonds. The summed E-state index contributed by atoms with van der Waals surface area (Å²) < 4.78 is 0. The van der Waals surface area contributed by atoms with Gasteiger partial charge in [0.15, 0.2) is 5.17 Å². The van der Waals surface area contributed by atoms with Crippen molar-refractivity contribution in [2.45, 2.75) is 39.8 Å². The minimum absolute atomic E-state index is 0.545. The Kier molecular flexibility index (Phi) is 4.51. The van der Waals surface area contributed by atoms with E-state index in [9.17, 15) is 0 Å². The van der Waals surface area contributed by atoms with Gasteiger partial charge in [-0.25, -0.2) is 0 Å². The highest BCUT2D eigenvalue weighted by atomic mass is 32.2. The summed E-state index contributed by atoms with van der Waals surface area (Å²) >= 11 is 3.67. The van der Waals surface area contributed by atoms with Crippen LogP contribution in [0.2, 0.25) is 0 Å². The van der Waals surface area contributed by atoms with Gasteiger partial charge in [0.05, 0.1) is 6.54 Å². The number of rotatable bonds is 3. The number of thioether (sulfide) groups is 1. The van der Waals surface area contributed by atoms with E-state index in [-0.39, 0.29) is 0 Å². The minimum Gasteiger partial charge on any atom is -0.362 e. The maximum atomic E-state index is 4.70. The summed E-state index contributed by atoms with van der Waals surface area (Å²) in [5, 5.41) is 6.77. The SMILES string of the molecule is CCc1ccsc1CN=C1NC(C)C(C)CS1. The second kappa shape index (κ2) is 5.91. The largest absolute Gasteiger partial charge is 0.362 e. The molecule has 4 heteroatoms. The molecule has 1 aromatic heterocycles. The average Bonchev–Trinajstić information content (AvgIpc) is 2.78. The maximum Gasteiger partial charge on any atom is 0.157 e. The topological polar surface area (TPSA) is 24.4 Å². The third-order valence-corrected chi connectivity index (χ3v) is 5.43. The highest BCUT2D eigenvalue weighted by Gasteiger charge is 2.20. The summed E-state index contributed by atoms with van der Waals surface area (Å²) in [5.74, 6) is 1.91. The molecule has 0 radical (unpaired) electrons. The minimum atomic E-state index is 0.545. The van der Waals surface area contributed by atoms with Crippen LogP contribution >= 0.6 is 23.1 Å². The van der Waals surface area contributed by atoms with Crippen LogP contribution in [0.1, 0.15) is 31.2 Å². The Morgan fingerprint density at radius 2 is 2.29 bits per heavy atom. The first kappa shape index (κ1) is 13.0. The van der Waals surface area contributed by atoms with E-state index in [1.54, 1.807) is 0 Å². The molecular weight excluding hydrogens is 248 g/mol. The molecule has 2 heterocycles. The first-order valence-electron chi connectivity index (χ1n) is 6.19. The lowest BCUT2D eigenvalue weighted by molar-refractivity contribution is 0.490. The Morgan fingerprint density at radius 3 is 3.00 bits per heavy atom. The third kappa shape index (κ3) is 3.26. The lowest BCUT2D eigenvalue weighted by atomic mass is 10.1. The van der Waals surface area contributed by atoms with Crippen LogP contribution in [0.4, 0.5) is 0 Å². The Bertz CT molecular complexity index is 398. The highest BCUT2D eigenvalue weighted by molar-refractivity contribution is 8.13. The fourth-order valence-corrected chi connectivity index (χ4v) is 3.82. The fourth-order valence-electron chi connectivity index (χ4n) is 1.79. The zero-order chi connectivity index (χ0) is 12.3. The normalized spacial score (nSPS) is 27.1. The van der Waals surface area contributed by atoms with Crippen molar-refractivity contribution in [1.29, 1.82) is 0 Å². The molecule has 1 aliphatic heterocycles. The zero-order valence-corrected chi connectivity index (χ0v) is 12.3. The number of nitrogens with zero attached hydrogens (tertiary/aromatic N) is 1. The van der Waals surface area contributed by atoms with Gasteiger partial charge in [0.1, 0.15) is 0 Å². The van der Waals surface area contributed by atoms with Gasteiger partial charge in [-0.05, 0) is 36.3 Å². The van der Waals surface area contributed by atoms with E-state index in [1.807, 2.05) is 23.1 Å². The lowest BCUT2D eigenvalue weighted by Gasteiger charge is -2.28. The highest BCUT2D eigenvalue weighted by Crippen LogP contribution is 2.22. The van der Waals surface area contributed by atoms with E-state index < -0.39 is 0 Å². The predicted octanol–water partition coefficient (Wildman–Crippen LogP) is 3.53. The van der Waals surface area contributed by atoms with Gasteiger partial charge >= 0.3 is 0 Å². The van der Waals surface area contributed by atoms with Crippen LogP contribution in [-0.2, 0) is 13.0 Å². The van der Waals surface area contributed by atoms with Crippen molar-refractivity contribution in [1.82, 2.24) is 5.32 Å². The number of aliphatic imine (C=N–C) groups is 1. The molecule has 0 aliphatic carbocycles. The average molecular weight is 268 g/mol. The number of hydrogen-bond acceptors (Lipinski definition) is 3. The summed E-state index contributed by atoms with van der Waals surface area (Å²) in [7, 11) is 0. The van der Waals surface area contributed by atoms with Crippen molar-refractivity contribution in [3.05, 3.63) is 21.9 Å². The quantitative estimate of drug-likeness (QED) is 0.907. The summed E-state index contributed by atoms with van der Waals surface area (Å²) in [6.07, 6.45) is 1.11. The predicted molar refractivity (Wildman–Crippen MR) is 79.1 cm³/mol. The van der Waals surface area contributed by atoms with Crippen LogP contribution < -0.4 is 5.32 Å². The second-order valence-electron chi connectivity index (χ2n) is 4.57. The van der Waals surface area contributed by atoms with Crippen molar-refractivity contribution in [3.8, 4) is 0 Å². The first-order valence-corrected chi connectivity index (χ1v) is 8.06. The van der Waals surface area contributed by atoms with E-state index in [1.165, 1.54) is 16.2 Å². The van der Waals surface area contributed by atoms with Gasteiger partial charge in [0.2, 0.25) is 0 Å². The van der Waals surface area contributed by atoms with Gasteiger partial charge in [0.25, 0.3) is 0 Å². The molecular formula is C13H20N2S2. The van der Waals surface area contributed by atoms with Crippen LogP contribution in [0.15, 0.2) is 16.4 Å². The molecule has 1 aliphatic rings. The molecule has 1 N–H and O–H groups in total. The van der Waals surface area contributed by atoms with Crippen molar-refractivity contribution in [3.63, 3.8) is 0 Å². The summed E-state index contributed by atoms with van der Waals surface area (Å²) in [6, 6.07) is 2.76. The molecule has 17 heavy (non-hydrogen) atoms. The molecule has 94 valence electrons.